The number of benzene rings is 1. The van der Waals surface area contributed by atoms with Gasteiger partial charge in [0, 0.05) is 39.6 Å². The highest BCUT2D eigenvalue weighted by Gasteiger charge is 2.27. The Morgan fingerprint density at radius 3 is 2.59 bits per heavy atom. The molecule has 0 radical (unpaired) electrons. The molecule has 3 N–H and O–H groups in total. The lowest BCUT2D eigenvalue weighted by Gasteiger charge is -2.27. The number of likely N-dealkylation sites (N-methyl/N-ethyl adjacent to an activating group) is 1. The first-order valence-electron chi connectivity index (χ1n) is 12.9. The van der Waals surface area contributed by atoms with E-state index in [4.69, 9.17) is 9.47 Å². The molecule has 1 aromatic rings. The third kappa shape index (κ3) is 8.71. The smallest absolute Gasteiger partial charge is 0.255 e. The Balaban J connectivity index is 1.76. The topological polar surface area (TPSA) is 129 Å². The Bertz CT molecular complexity index is 949. The Labute approximate surface area is 218 Å². The summed E-state index contributed by atoms with van der Waals surface area (Å²) in [5.74, 6) is -1.00. The maximum Gasteiger partial charge on any atom is 0.255 e. The molecule has 2 aliphatic heterocycles. The van der Waals surface area contributed by atoms with Gasteiger partial charge in [-0.15, -0.1) is 0 Å². The maximum atomic E-state index is 13.2. The predicted octanol–water partition coefficient (Wildman–Crippen LogP) is 0.00520. The van der Waals surface area contributed by atoms with Gasteiger partial charge in [-0.1, -0.05) is 26.0 Å². The van der Waals surface area contributed by atoms with E-state index in [-0.39, 0.29) is 61.2 Å². The number of carbonyl (C=O) groups is 4. The number of nitrogens with zero attached hydrogens (tertiary/aromatic N) is 2. The van der Waals surface area contributed by atoms with Crippen LogP contribution in [-0.4, -0.2) is 105 Å². The molecular weight excluding hydrogens is 478 g/mol. The summed E-state index contributed by atoms with van der Waals surface area (Å²) in [5, 5.41) is 8.60. The molecule has 1 fully saturated rings. The first-order chi connectivity index (χ1) is 17.7. The molecule has 11 nitrogen and oxygen atoms in total. The summed E-state index contributed by atoms with van der Waals surface area (Å²) in [6, 6.07) is 5.53. The summed E-state index contributed by atoms with van der Waals surface area (Å²) in [6.45, 7) is 7.97. The molecule has 3 rings (SSSR count). The van der Waals surface area contributed by atoms with Crippen molar-refractivity contribution in [3.8, 4) is 5.75 Å². The van der Waals surface area contributed by atoms with Crippen LogP contribution < -0.4 is 20.7 Å². The van der Waals surface area contributed by atoms with Crippen molar-refractivity contribution in [3.05, 3.63) is 29.8 Å². The molecule has 2 aliphatic rings. The minimum atomic E-state index is -0.926. The van der Waals surface area contributed by atoms with Gasteiger partial charge in [0.05, 0.1) is 31.4 Å². The molecule has 0 aliphatic carbocycles. The number of morpholine rings is 1. The van der Waals surface area contributed by atoms with Gasteiger partial charge >= 0.3 is 0 Å². The second-order valence-corrected chi connectivity index (χ2v) is 9.78. The summed E-state index contributed by atoms with van der Waals surface area (Å²) >= 11 is 0. The van der Waals surface area contributed by atoms with E-state index >= 15 is 0 Å². The Morgan fingerprint density at radius 2 is 1.86 bits per heavy atom. The summed E-state index contributed by atoms with van der Waals surface area (Å²) in [7, 11) is 1.55. The second kappa shape index (κ2) is 13.9. The number of fused-ring (bicyclic) bond motifs is 1. The standard InChI is InChI=1S/C26H39N5O6/c1-18(2)21-17-37-22-7-5-4-6-19(22)25(34)29-20(8-9-24(33)30(3)16-23(32)28-21)26(35)27-10-11-31-12-14-36-15-13-31/h4-7,18,20-21H,8-17H2,1-3H3,(H,27,35)(H,28,32)(H,29,34)/t20-,21+/m0/s1. The van der Waals surface area contributed by atoms with E-state index in [1.807, 2.05) is 13.8 Å². The monoisotopic (exact) mass is 517 g/mol. The van der Waals surface area contributed by atoms with Gasteiger partial charge in [0.1, 0.15) is 18.4 Å². The zero-order chi connectivity index (χ0) is 26.8. The second-order valence-electron chi connectivity index (χ2n) is 9.78. The SMILES string of the molecule is CC(C)[C@H]1COc2ccccc2C(=O)N[C@H](C(=O)NCCN2CCOCC2)CCC(=O)N(C)CC(=O)N1. The first-order valence-corrected chi connectivity index (χ1v) is 12.9. The first kappa shape index (κ1) is 28.4. The Morgan fingerprint density at radius 1 is 1.14 bits per heavy atom. The van der Waals surface area contributed by atoms with Gasteiger partial charge in [-0.05, 0) is 24.5 Å². The fraction of sp³-hybridized carbons (Fsp3) is 0.615. The van der Waals surface area contributed by atoms with Crippen molar-refractivity contribution in [3.63, 3.8) is 0 Å². The molecule has 4 amide bonds. The average Bonchev–Trinajstić information content (AvgIpc) is 2.88. The van der Waals surface area contributed by atoms with Crippen molar-refractivity contribution in [1.82, 2.24) is 25.8 Å². The highest BCUT2D eigenvalue weighted by molar-refractivity contribution is 5.99. The van der Waals surface area contributed by atoms with Gasteiger partial charge in [0.2, 0.25) is 17.7 Å². The molecule has 0 bridgehead atoms. The molecule has 0 aromatic heterocycles. The predicted molar refractivity (Wildman–Crippen MR) is 137 cm³/mol. The Kier molecular flexibility index (Phi) is 10.7. The van der Waals surface area contributed by atoms with Crippen LogP contribution >= 0.6 is 0 Å². The fourth-order valence-corrected chi connectivity index (χ4v) is 4.17. The maximum absolute atomic E-state index is 13.2. The quantitative estimate of drug-likeness (QED) is 0.502. The van der Waals surface area contributed by atoms with Crippen molar-refractivity contribution >= 4 is 23.6 Å². The number of para-hydroxylation sites is 1. The van der Waals surface area contributed by atoms with Crippen LogP contribution in [-0.2, 0) is 19.1 Å². The van der Waals surface area contributed by atoms with Gasteiger partial charge in [-0.3, -0.25) is 24.1 Å². The molecule has 1 aromatic carbocycles. The normalized spacial score (nSPS) is 22.7. The molecule has 1 saturated heterocycles. The number of hydrogen-bond donors (Lipinski definition) is 3. The molecule has 0 spiro atoms. The highest BCUT2D eigenvalue weighted by Crippen LogP contribution is 2.20. The van der Waals surface area contributed by atoms with Crippen LogP contribution in [0, 0.1) is 5.92 Å². The van der Waals surface area contributed by atoms with Crippen molar-refractivity contribution in [2.24, 2.45) is 5.92 Å². The molecule has 0 saturated carbocycles. The third-order valence-corrected chi connectivity index (χ3v) is 6.61. The van der Waals surface area contributed by atoms with Crippen molar-refractivity contribution in [1.29, 1.82) is 0 Å². The van der Waals surface area contributed by atoms with Crippen LogP contribution in [0.2, 0.25) is 0 Å². The summed E-state index contributed by atoms with van der Waals surface area (Å²) in [6.07, 6.45) is 0.0922. The van der Waals surface area contributed by atoms with Gasteiger partial charge in [-0.2, -0.15) is 0 Å². The minimum Gasteiger partial charge on any atom is -0.491 e. The average molecular weight is 518 g/mol. The van der Waals surface area contributed by atoms with Crippen LogP contribution in [0.1, 0.15) is 37.0 Å². The summed E-state index contributed by atoms with van der Waals surface area (Å²) < 4.78 is 11.3. The lowest BCUT2D eigenvalue weighted by Crippen LogP contribution is -2.49. The Hall–Kier alpha value is -3.18. The van der Waals surface area contributed by atoms with E-state index in [9.17, 15) is 19.2 Å². The number of rotatable bonds is 5. The van der Waals surface area contributed by atoms with Crippen LogP contribution in [0.5, 0.6) is 5.75 Å². The van der Waals surface area contributed by atoms with Crippen molar-refractivity contribution in [2.75, 3.05) is 59.6 Å². The van der Waals surface area contributed by atoms with Crippen molar-refractivity contribution in [2.45, 2.75) is 38.8 Å². The number of nitrogens with one attached hydrogen (secondary N) is 3. The summed E-state index contributed by atoms with van der Waals surface area (Å²) in [4.78, 5) is 55.2. The van der Waals surface area contributed by atoms with Crippen LogP contribution in [0.15, 0.2) is 24.3 Å². The molecule has 2 heterocycles. The van der Waals surface area contributed by atoms with Gasteiger partial charge in [0.25, 0.3) is 5.91 Å². The number of amides is 4. The summed E-state index contributed by atoms with van der Waals surface area (Å²) in [5.41, 5.74) is 0.278. The number of carbonyl (C=O) groups excluding carboxylic acids is 4. The highest BCUT2D eigenvalue weighted by atomic mass is 16.5. The molecule has 2 atom stereocenters. The van der Waals surface area contributed by atoms with E-state index in [0.29, 0.717) is 32.1 Å². The number of hydrogen-bond acceptors (Lipinski definition) is 7. The van der Waals surface area contributed by atoms with E-state index in [1.165, 1.54) is 4.90 Å². The number of ether oxygens (including phenoxy) is 2. The van der Waals surface area contributed by atoms with Gasteiger partial charge in [-0.25, -0.2) is 0 Å². The minimum absolute atomic E-state index is 0.00261. The molecule has 204 valence electrons. The van der Waals surface area contributed by atoms with E-state index in [0.717, 1.165) is 13.1 Å². The van der Waals surface area contributed by atoms with E-state index < -0.39 is 11.9 Å². The zero-order valence-corrected chi connectivity index (χ0v) is 22.0. The fourth-order valence-electron chi connectivity index (χ4n) is 4.17. The zero-order valence-electron chi connectivity index (χ0n) is 22.0. The lowest BCUT2D eigenvalue weighted by atomic mass is 10.1. The van der Waals surface area contributed by atoms with E-state index in [2.05, 4.69) is 20.9 Å². The molecule has 0 unspecified atom stereocenters. The van der Waals surface area contributed by atoms with Gasteiger partial charge < -0.3 is 30.3 Å². The molecule has 11 heteroatoms. The van der Waals surface area contributed by atoms with Crippen LogP contribution in [0.25, 0.3) is 0 Å². The third-order valence-electron chi connectivity index (χ3n) is 6.61. The molecular formula is C26H39N5O6. The van der Waals surface area contributed by atoms with Crippen molar-refractivity contribution < 1.29 is 28.7 Å². The van der Waals surface area contributed by atoms with Crippen LogP contribution in [0.4, 0.5) is 0 Å². The van der Waals surface area contributed by atoms with Crippen LogP contribution in [0.3, 0.4) is 0 Å². The van der Waals surface area contributed by atoms with Gasteiger partial charge in [0.15, 0.2) is 0 Å². The lowest BCUT2D eigenvalue weighted by molar-refractivity contribution is -0.135. The van der Waals surface area contributed by atoms with E-state index in [1.54, 1.807) is 31.3 Å². The molecule has 37 heavy (non-hydrogen) atoms. The largest absolute Gasteiger partial charge is 0.491 e.